The fourth-order valence-electron chi connectivity index (χ4n) is 2.50. The fourth-order valence-corrected chi connectivity index (χ4v) is 2.50. The van der Waals surface area contributed by atoms with Crippen LogP contribution in [0.3, 0.4) is 0 Å². The van der Waals surface area contributed by atoms with E-state index in [4.69, 9.17) is 0 Å². The van der Waals surface area contributed by atoms with E-state index >= 15 is 0 Å². The Bertz CT molecular complexity index is 380. The van der Waals surface area contributed by atoms with Gasteiger partial charge in [-0.15, -0.1) is 0 Å². The summed E-state index contributed by atoms with van der Waals surface area (Å²) in [6.45, 7) is 2.75. The van der Waals surface area contributed by atoms with Gasteiger partial charge in [0, 0.05) is 12.5 Å². The molecule has 0 radical (unpaired) electrons. The number of carbonyl (C=O) groups is 1. The van der Waals surface area contributed by atoms with E-state index in [0.717, 1.165) is 12.8 Å². The molecule has 0 aliphatic heterocycles. The van der Waals surface area contributed by atoms with E-state index < -0.39 is 0 Å². The maximum Gasteiger partial charge on any atom is 0.223 e. The van der Waals surface area contributed by atoms with Gasteiger partial charge in [0.05, 0.1) is 0 Å². The SMILES string of the molecule is Cc1ccccc1CNC(=O)C1CCCCC1. The van der Waals surface area contributed by atoms with E-state index in [1.54, 1.807) is 0 Å². The molecular formula is C15H21NO. The van der Waals surface area contributed by atoms with Crippen LogP contribution in [0.5, 0.6) is 0 Å². The van der Waals surface area contributed by atoms with Crippen molar-refractivity contribution in [1.82, 2.24) is 5.32 Å². The molecular weight excluding hydrogens is 210 g/mol. The lowest BCUT2D eigenvalue weighted by Crippen LogP contribution is -2.31. The third-order valence-corrected chi connectivity index (χ3v) is 3.69. The molecule has 1 aliphatic rings. The van der Waals surface area contributed by atoms with Gasteiger partial charge in [0.25, 0.3) is 0 Å². The maximum absolute atomic E-state index is 12.0. The predicted molar refractivity (Wildman–Crippen MR) is 69.6 cm³/mol. The Hall–Kier alpha value is -1.31. The molecule has 17 heavy (non-hydrogen) atoms. The van der Waals surface area contributed by atoms with Crippen LogP contribution in [0, 0.1) is 12.8 Å². The summed E-state index contributed by atoms with van der Waals surface area (Å²) in [5.74, 6) is 0.501. The molecule has 0 bridgehead atoms. The largest absolute Gasteiger partial charge is 0.352 e. The van der Waals surface area contributed by atoms with Crippen LogP contribution in [0.1, 0.15) is 43.2 Å². The molecule has 0 saturated heterocycles. The zero-order chi connectivity index (χ0) is 12.1. The van der Waals surface area contributed by atoms with Crippen LogP contribution in [0.15, 0.2) is 24.3 Å². The Kier molecular flexibility index (Phi) is 4.18. The number of hydrogen-bond donors (Lipinski definition) is 1. The summed E-state index contributed by atoms with van der Waals surface area (Å²) in [6.07, 6.45) is 5.85. The summed E-state index contributed by atoms with van der Waals surface area (Å²) in [7, 11) is 0. The molecule has 0 atom stereocenters. The first-order valence-electron chi connectivity index (χ1n) is 6.59. The molecule has 1 fully saturated rings. The number of carbonyl (C=O) groups excluding carboxylic acids is 1. The van der Waals surface area contributed by atoms with Crippen LogP contribution >= 0.6 is 0 Å². The topological polar surface area (TPSA) is 29.1 Å². The smallest absolute Gasteiger partial charge is 0.223 e. The van der Waals surface area contributed by atoms with Crippen molar-refractivity contribution in [3.05, 3.63) is 35.4 Å². The van der Waals surface area contributed by atoms with Crippen molar-refractivity contribution in [3.8, 4) is 0 Å². The third kappa shape index (κ3) is 3.32. The Morgan fingerprint density at radius 2 is 1.94 bits per heavy atom. The minimum atomic E-state index is 0.243. The van der Waals surface area contributed by atoms with E-state index in [1.165, 1.54) is 30.4 Å². The lowest BCUT2D eigenvalue weighted by molar-refractivity contribution is -0.126. The van der Waals surface area contributed by atoms with Crippen molar-refractivity contribution in [2.75, 3.05) is 0 Å². The number of hydrogen-bond acceptors (Lipinski definition) is 1. The summed E-state index contributed by atoms with van der Waals surface area (Å²) < 4.78 is 0. The van der Waals surface area contributed by atoms with Gasteiger partial charge in [-0.1, -0.05) is 43.5 Å². The number of rotatable bonds is 3. The number of benzene rings is 1. The first-order chi connectivity index (χ1) is 8.27. The molecule has 1 aromatic rings. The minimum absolute atomic E-state index is 0.243. The highest BCUT2D eigenvalue weighted by Gasteiger charge is 2.20. The Balaban J connectivity index is 1.85. The van der Waals surface area contributed by atoms with Gasteiger partial charge in [-0.05, 0) is 30.9 Å². The van der Waals surface area contributed by atoms with Crippen molar-refractivity contribution in [3.63, 3.8) is 0 Å². The summed E-state index contributed by atoms with van der Waals surface area (Å²) in [4.78, 5) is 12.0. The molecule has 1 aromatic carbocycles. The Morgan fingerprint density at radius 3 is 2.65 bits per heavy atom. The Labute approximate surface area is 103 Å². The standard InChI is InChI=1S/C15H21NO/c1-12-7-5-6-10-14(12)11-16-15(17)13-8-3-2-4-9-13/h5-7,10,13H,2-4,8-9,11H2,1H3,(H,16,17). The van der Waals surface area contributed by atoms with Gasteiger partial charge in [0.2, 0.25) is 5.91 Å². The second-order valence-electron chi connectivity index (χ2n) is 4.98. The van der Waals surface area contributed by atoms with Crippen molar-refractivity contribution in [2.45, 2.75) is 45.6 Å². The van der Waals surface area contributed by atoms with Crippen LogP contribution in [0.25, 0.3) is 0 Å². The van der Waals surface area contributed by atoms with E-state index in [1.807, 2.05) is 12.1 Å². The molecule has 1 aliphatic carbocycles. The van der Waals surface area contributed by atoms with Crippen molar-refractivity contribution in [2.24, 2.45) is 5.92 Å². The average molecular weight is 231 g/mol. The second-order valence-corrected chi connectivity index (χ2v) is 4.98. The Morgan fingerprint density at radius 1 is 1.24 bits per heavy atom. The highest BCUT2D eigenvalue weighted by Crippen LogP contribution is 2.23. The summed E-state index contributed by atoms with van der Waals surface area (Å²) in [5.41, 5.74) is 2.47. The molecule has 0 aromatic heterocycles. The number of amides is 1. The maximum atomic E-state index is 12.0. The molecule has 0 unspecified atom stereocenters. The van der Waals surface area contributed by atoms with Gasteiger partial charge in [-0.25, -0.2) is 0 Å². The normalized spacial score (nSPS) is 16.8. The highest BCUT2D eigenvalue weighted by molar-refractivity contribution is 5.78. The summed E-state index contributed by atoms with van der Waals surface area (Å²) in [5, 5.41) is 3.07. The van der Waals surface area contributed by atoms with Gasteiger partial charge in [0.1, 0.15) is 0 Å². The molecule has 92 valence electrons. The third-order valence-electron chi connectivity index (χ3n) is 3.69. The molecule has 0 heterocycles. The van der Waals surface area contributed by atoms with E-state index in [9.17, 15) is 4.79 Å². The monoisotopic (exact) mass is 231 g/mol. The van der Waals surface area contributed by atoms with Crippen LogP contribution in [-0.4, -0.2) is 5.91 Å². The lowest BCUT2D eigenvalue weighted by atomic mass is 9.88. The van der Waals surface area contributed by atoms with E-state index in [2.05, 4.69) is 24.4 Å². The van der Waals surface area contributed by atoms with Crippen LogP contribution in [-0.2, 0) is 11.3 Å². The average Bonchev–Trinajstić information content (AvgIpc) is 2.38. The fraction of sp³-hybridized carbons (Fsp3) is 0.533. The molecule has 0 spiro atoms. The first-order valence-corrected chi connectivity index (χ1v) is 6.59. The van der Waals surface area contributed by atoms with Gasteiger partial charge >= 0.3 is 0 Å². The molecule has 1 saturated carbocycles. The summed E-state index contributed by atoms with van der Waals surface area (Å²) >= 11 is 0. The first kappa shape index (κ1) is 12.2. The van der Waals surface area contributed by atoms with E-state index in [-0.39, 0.29) is 11.8 Å². The predicted octanol–water partition coefficient (Wildman–Crippen LogP) is 3.19. The molecule has 2 heteroatoms. The quantitative estimate of drug-likeness (QED) is 0.850. The minimum Gasteiger partial charge on any atom is -0.352 e. The zero-order valence-electron chi connectivity index (χ0n) is 10.5. The second kappa shape index (κ2) is 5.85. The zero-order valence-corrected chi connectivity index (χ0v) is 10.5. The van der Waals surface area contributed by atoms with Crippen LogP contribution in [0.2, 0.25) is 0 Å². The van der Waals surface area contributed by atoms with Crippen LogP contribution < -0.4 is 5.32 Å². The van der Waals surface area contributed by atoms with Crippen molar-refractivity contribution in [1.29, 1.82) is 0 Å². The van der Waals surface area contributed by atoms with Crippen molar-refractivity contribution >= 4 is 5.91 Å². The van der Waals surface area contributed by atoms with Gasteiger partial charge in [0.15, 0.2) is 0 Å². The highest BCUT2D eigenvalue weighted by atomic mass is 16.1. The molecule has 2 rings (SSSR count). The summed E-state index contributed by atoms with van der Waals surface area (Å²) in [6, 6.07) is 8.22. The molecule has 1 amide bonds. The van der Waals surface area contributed by atoms with Gasteiger partial charge in [-0.2, -0.15) is 0 Å². The number of aryl methyl sites for hydroxylation is 1. The van der Waals surface area contributed by atoms with Gasteiger partial charge < -0.3 is 5.32 Å². The number of nitrogens with one attached hydrogen (secondary N) is 1. The van der Waals surface area contributed by atoms with Gasteiger partial charge in [-0.3, -0.25) is 4.79 Å². The van der Waals surface area contributed by atoms with Crippen LogP contribution in [0.4, 0.5) is 0 Å². The molecule has 1 N–H and O–H groups in total. The van der Waals surface area contributed by atoms with E-state index in [0.29, 0.717) is 6.54 Å². The van der Waals surface area contributed by atoms with Crippen molar-refractivity contribution < 1.29 is 4.79 Å². The lowest BCUT2D eigenvalue weighted by Gasteiger charge is -2.21. The molecule has 2 nitrogen and oxygen atoms in total.